The zero-order valence-electron chi connectivity index (χ0n) is 14.7. The van der Waals surface area contributed by atoms with Crippen LogP contribution in [0.15, 0.2) is 46.2 Å². The number of benzene rings is 2. The fourth-order valence-corrected chi connectivity index (χ4v) is 4.90. The number of hydrogen-bond acceptors (Lipinski definition) is 5. The Morgan fingerprint density at radius 3 is 2.41 bits per heavy atom. The molecule has 0 fully saturated rings. The van der Waals surface area contributed by atoms with Gasteiger partial charge in [-0.05, 0) is 61.9 Å². The molecule has 27 heavy (non-hydrogen) atoms. The third-order valence-electron chi connectivity index (χ3n) is 4.28. The molecule has 1 heterocycles. The Morgan fingerprint density at radius 1 is 0.963 bits per heavy atom. The van der Waals surface area contributed by atoms with Crippen molar-refractivity contribution in [2.45, 2.75) is 29.6 Å². The second-order valence-electron chi connectivity index (χ2n) is 6.16. The van der Waals surface area contributed by atoms with Crippen LogP contribution in [0.5, 0.6) is 0 Å². The monoisotopic (exact) mass is 409 g/mol. The molecule has 0 spiro atoms. The van der Waals surface area contributed by atoms with Crippen LogP contribution in [0, 0.1) is 6.92 Å². The van der Waals surface area contributed by atoms with Crippen molar-refractivity contribution in [3.8, 4) is 0 Å². The van der Waals surface area contributed by atoms with Crippen LogP contribution in [-0.4, -0.2) is 29.8 Å². The number of hydrogen-bond donors (Lipinski definition) is 3. The van der Waals surface area contributed by atoms with Crippen molar-refractivity contribution < 1.29 is 21.6 Å². The fraction of sp³-hybridized carbons (Fsp3) is 0.235. The number of sulfonamides is 2. The summed E-state index contributed by atoms with van der Waals surface area (Å²) in [5, 5.41) is 2.70. The van der Waals surface area contributed by atoms with E-state index in [1.807, 2.05) is 0 Å². The van der Waals surface area contributed by atoms with E-state index in [4.69, 9.17) is 0 Å². The third-order valence-corrected chi connectivity index (χ3v) is 7.22. The Bertz CT molecular complexity index is 1130. The molecular weight excluding hydrogens is 390 g/mol. The summed E-state index contributed by atoms with van der Waals surface area (Å²) in [5.41, 5.74) is 1.97. The fourth-order valence-electron chi connectivity index (χ4n) is 2.80. The smallest absolute Gasteiger partial charge is 0.261 e. The van der Waals surface area contributed by atoms with Crippen LogP contribution < -0.4 is 14.8 Å². The first-order chi connectivity index (χ1) is 12.6. The van der Waals surface area contributed by atoms with E-state index in [-0.39, 0.29) is 21.4 Å². The number of amides is 1. The summed E-state index contributed by atoms with van der Waals surface area (Å²) in [5.74, 6) is -0.103. The van der Waals surface area contributed by atoms with Gasteiger partial charge in [0.25, 0.3) is 10.0 Å². The van der Waals surface area contributed by atoms with E-state index in [1.54, 1.807) is 13.0 Å². The lowest BCUT2D eigenvalue weighted by Crippen LogP contribution is -2.21. The SMILES string of the molecule is CNS(=O)(=O)c1cc(NS(=O)(=O)c2ccc3c(c2)CCC(=O)N3)ccc1C. The molecule has 1 aliphatic rings. The molecule has 0 radical (unpaired) electrons. The lowest BCUT2D eigenvalue weighted by Gasteiger charge is -2.18. The second kappa shape index (κ2) is 6.95. The molecule has 0 bridgehead atoms. The maximum absolute atomic E-state index is 12.7. The van der Waals surface area contributed by atoms with Crippen molar-refractivity contribution in [2.24, 2.45) is 0 Å². The quantitative estimate of drug-likeness (QED) is 0.692. The van der Waals surface area contributed by atoms with E-state index in [9.17, 15) is 21.6 Å². The first-order valence-corrected chi connectivity index (χ1v) is 11.1. The Morgan fingerprint density at radius 2 is 1.70 bits per heavy atom. The third kappa shape index (κ3) is 3.97. The average molecular weight is 409 g/mol. The van der Waals surface area contributed by atoms with Gasteiger partial charge < -0.3 is 5.32 Å². The highest BCUT2D eigenvalue weighted by Gasteiger charge is 2.21. The molecule has 144 valence electrons. The van der Waals surface area contributed by atoms with E-state index in [0.717, 1.165) is 5.56 Å². The van der Waals surface area contributed by atoms with Crippen molar-refractivity contribution in [3.63, 3.8) is 0 Å². The Kier molecular flexibility index (Phi) is 4.98. The summed E-state index contributed by atoms with van der Waals surface area (Å²) in [6.45, 7) is 1.63. The first-order valence-electron chi connectivity index (χ1n) is 8.12. The molecule has 3 N–H and O–H groups in total. The Balaban J connectivity index is 1.94. The summed E-state index contributed by atoms with van der Waals surface area (Å²) >= 11 is 0. The van der Waals surface area contributed by atoms with Crippen molar-refractivity contribution in [3.05, 3.63) is 47.5 Å². The van der Waals surface area contributed by atoms with Crippen LogP contribution in [0.4, 0.5) is 11.4 Å². The number of rotatable bonds is 5. The zero-order valence-corrected chi connectivity index (χ0v) is 16.4. The predicted octanol–water partition coefficient (Wildman–Crippen LogP) is 1.59. The molecule has 0 saturated heterocycles. The minimum atomic E-state index is -3.92. The molecule has 3 rings (SSSR count). The highest BCUT2D eigenvalue weighted by molar-refractivity contribution is 7.92. The normalized spacial score (nSPS) is 14.4. The first kappa shape index (κ1) is 19.3. The maximum atomic E-state index is 12.7. The minimum Gasteiger partial charge on any atom is -0.326 e. The van der Waals surface area contributed by atoms with Gasteiger partial charge in [-0.25, -0.2) is 21.6 Å². The van der Waals surface area contributed by atoms with Crippen LogP contribution in [0.1, 0.15) is 17.5 Å². The van der Waals surface area contributed by atoms with Crippen molar-refractivity contribution in [2.75, 3.05) is 17.1 Å². The minimum absolute atomic E-state index is 0.00152. The molecule has 0 saturated carbocycles. The van der Waals surface area contributed by atoms with Crippen molar-refractivity contribution in [1.82, 2.24) is 4.72 Å². The topological polar surface area (TPSA) is 121 Å². The molecule has 0 unspecified atom stereocenters. The summed E-state index contributed by atoms with van der Waals surface area (Å²) in [7, 11) is -6.34. The van der Waals surface area contributed by atoms with Gasteiger partial charge in [-0.1, -0.05) is 6.07 Å². The number of anilines is 2. The highest BCUT2D eigenvalue weighted by atomic mass is 32.2. The number of carbonyl (C=O) groups is 1. The average Bonchev–Trinajstić information content (AvgIpc) is 2.62. The molecule has 2 aromatic rings. The van der Waals surface area contributed by atoms with E-state index in [2.05, 4.69) is 14.8 Å². The zero-order chi connectivity index (χ0) is 19.8. The second-order valence-corrected chi connectivity index (χ2v) is 9.70. The van der Waals surface area contributed by atoms with Crippen LogP contribution in [0.3, 0.4) is 0 Å². The number of fused-ring (bicyclic) bond motifs is 1. The van der Waals surface area contributed by atoms with Gasteiger partial charge in [0.2, 0.25) is 15.9 Å². The van der Waals surface area contributed by atoms with Crippen molar-refractivity contribution >= 4 is 37.3 Å². The number of nitrogens with one attached hydrogen (secondary N) is 3. The van der Waals surface area contributed by atoms with Gasteiger partial charge in [-0.2, -0.15) is 0 Å². The van der Waals surface area contributed by atoms with Crippen molar-refractivity contribution in [1.29, 1.82) is 0 Å². The van der Waals surface area contributed by atoms with Gasteiger partial charge in [-0.3, -0.25) is 9.52 Å². The summed E-state index contributed by atoms with van der Waals surface area (Å²) in [6.07, 6.45) is 0.757. The van der Waals surface area contributed by atoms with Crippen LogP contribution in [0.2, 0.25) is 0 Å². The Hall–Kier alpha value is -2.43. The molecular formula is C17H19N3O5S2. The molecule has 2 aromatic carbocycles. The van der Waals surface area contributed by atoms with Crippen LogP contribution in [-0.2, 0) is 31.3 Å². The largest absolute Gasteiger partial charge is 0.326 e. The summed E-state index contributed by atoms with van der Waals surface area (Å²) in [4.78, 5) is 11.5. The van der Waals surface area contributed by atoms with Gasteiger partial charge in [0, 0.05) is 12.1 Å². The van der Waals surface area contributed by atoms with Gasteiger partial charge >= 0.3 is 0 Å². The van der Waals surface area contributed by atoms with E-state index < -0.39 is 20.0 Å². The standard InChI is InChI=1S/C17H19N3O5S2/c1-11-3-5-13(10-16(11)27(24,25)18-2)20-26(22,23)14-6-7-15-12(9-14)4-8-17(21)19-15/h3,5-7,9-10,18,20H,4,8H2,1-2H3,(H,19,21). The highest BCUT2D eigenvalue weighted by Crippen LogP contribution is 2.27. The van der Waals surface area contributed by atoms with Gasteiger partial charge in [0.15, 0.2) is 0 Å². The summed E-state index contributed by atoms with van der Waals surface area (Å²) < 4.78 is 54.2. The predicted molar refractivity (Wildman–Crippen MR) is 102 cm³/mol. The van der Waals surface area contributed by atoms with E-state index >= 15 is 0 Å². The van der Waals surface area contributed by atoms with Gasteiger partial charge in [0.05, 0.1) is 15.5 Å². The summed E-state index contributed by atoms with van der Waals surface area (Å²) in [6, 6.07) is 8.76. The maximum Gasteiger partial charge on any atom is 0.261 e. The van der Waals surface area contributed by atoms with E-state index in [0.29, 0.717) is 24.1 Å². The molecule has 8 nitrogen and oxygen atoms in total. The molecule has 1 aliphatic heterocycles. The Labute approximate surface area is 158 Å². The van der Waals surface area contributed by atoms with E-state index in [1.165, 1.54) is 37.4 Å². The molecule has 0 aliphatic carbocycles. The molecule has 0 atom stereocenters. The van der Waals surface area contributed by atoms with Crippen LogP contribution >= 0.6 is 0 Å². The molecule has 0 aromatic heterocycles. The lowest BCUT2D eigenvalue weighted by molar-refractivity contribution is -0.116. The lowest BCUT2D eigenvalue weighted by atomic mass is 10.0. The molecule has 10 heteroatoms. The van der Waals surface area contributed by atoms with Gasteiger partial charge in [0.1, 0.15) is 0 Å². The number of aryl methyl sites for hydroxylation is 2. The van der Waals surface area contributed by atoms with Gasteiger partial charge in [-0.15, -0.1) is 0 Å². The molecule has 1 amide bonds. The van der Waals surface area contributed by atoms with Crippen LogP contribution in [0.25, 0.3) is 0 Å². The number of carbonyl (C=O) groups excluding carboxylic acids is 1.